The van der Waals surface area contributed by atoms with Crippen LogP contribution in [0.25, 0.3) is 0 Å². The number of benzene rings is 1. The zero-order chi connectivity index (χ0) is 17.4. The van der Waals surface area contributed by atoms with Crippen LogP contribution in [0.2, 0.25) is 0 Å². The first-order chi connectivity index (χ1) is 11.6. The van der Waals surface area contributed by atoms with Crippen LogP contribution in [0.5, 0.6) is 0 Å². The molecule has 0 atom stereocenters. The third kappa shape index (κ3) is 5.58. The maximum atomic E-state index is 12.6. The number of aromatic nitrogens is 1. The third-order valence-electron chi connectivity index (χ3n) is 3.68. The number of ether oxygens (including phenoxy) is 2. The Morgan fingerprint density at radius 3 is 2.46 bits per heavy atom. The van der Waals surface area contributed by atoms with Crippen molar-refractivity contribution in [3.8, 4) is 0 Å². The Bertz CT molecular complexity index is 633. The van der Waals surface area contributed by atoms with Crippen molar-refractivity contribution in [3.63, 3.8) is 0 Å². The van der Waals surface area contributed by atoms with Crippen molar-refractivity contribution in [2.75, 3.05) is 13.2 Å². The van der Waals surface area contributed by atoms with Crippen molar-refractivity contribution in [2.24, 2.45) is 0 Å². The molecule has 0 amide bonds. The van der Waals surface area contributed by atoms with Crippen molar-refractivity contribution in [1.82, 2.24) is 4.57 Å². The van der Waals surface area contributed by atoms with Gasteiger partial charge in [-0.05, 0) is 47.8 Å². The Labute approximate surface area is 151 Å². The molecule has 4 nitrogen and oxygen atoms in total. The molecule has 5 heteroatoms. The average Bonchev–Trinajstić information content (AvgIpc) is 2.94. The molecule has 0 aliphatic heterocycles. The smallest absolute Gasteiger partial charge is 0.179 e. The molecule has 0 unspecified atom stereocenters. The van der Waals surface area contributed by atoms with Crippen LogP contribution in [0.1, 0.15) is 36.3 Å². The summed E-state index contributed by atoms with van der Waals surface area (Å²) in [6.45, 7) is 5.52. The van der Waals surface area contributed by atoms with E-state index in [1.807, 2.05) is 61.0 Å². The topological polar surface area (TPSA) is 40.5 Å². The summed E-state index contributed by atoms with van der Waals surface area (Å²) in [4.78, 5) is 12.6. The molecule has 0 aliphatic rings. The minimum absolute atomic E-state index is 0.122. The number of carbonyl (C=O) groups excluding carboxylic acids is 1. The molecule has 0 aliphatic carbocycles. The number of hydrogen-bond acceptors (Lipinski definition) is 3. The van der Waals surface area contributed by atoms with Gasteiger partial charge in [0.25, 0.3) is 0 Å². The summed E-state index contributed by atoms with van der Waals surface area (Å²) in [5, 5.41) is 0. The number of Topliss-reactive ketones (excluding diaryl/α,β-unsaturated/α-hetero) is 1. The SMILES string of the molecule is CCOC(Cn1cc(Br)cc1C(=O)CCc1ccccc1)OCC. The molecule has 0 radical (unpaired) electrons. The summed E-state index contributed by atoms with van der Waals surface area (Å²) < 4.78 is 14.0. The predicted molar refractivity (Wildman–Crippen MR) is 98.3 cm³/mol. The van der Waals surface area contributed by atoms with Gasteiger partial charge in [0, 0.05) is 30.3 Å². The van der Waals surface area contributed by atoms with Crippen LogP contribution in [-0.2, 0) is 22.4 Å². The van der Waals surface area contributed by atoms with Crippen LogP contribution in [0.3, 0.4) is 0 Å². The first-order valence-corrected chi connectivity index (χ1v) is 9.09. The normalized spacial score (nSPS) is 11.2. The Morgan fingerprint density at radius 1 is 1.17 bits per heavy atom. The quantitative estimate of drug-likeness (QED) is 0.441. The lowest BCUT2D eigenvalue weighted by molar-refractivity contribution is -0.143. The summed E-state index contributed by atoms with van der Waals surface area (Å²) in [7, 11) is 0. The van der Waals surface area contributed by atoms with Crippen LogP contribution in [-0.4, -0.2) is 29.9 Å². The lowest BCUT2D eigenvalue weighted by atomic mass is 10.1. The van der Waals surface area contributed by atoms with Crippen molar-refractivity contribution in [2.45, 2.75) is 39.5 Å². The van der Waals surface area contributed by atoms with Gasteiger partial charge in [0.15, 0.2) is 12.1 Å². The molecule has 0 spiro atoms. The Hall–Kier alpha value is -1.43. The lowest BCUT2D eigenvalue weighted by Crippen LogP contribution is -2.25. The highest BCUT2D eigenvalue weighted by Crippen LogP contribution is 2.19. The Kier molecular flexibility index (Phi) is 7.69. The molecule has 0 bridgehead atoms. The molecule has 0 fully saturated rings. The standard InChI is InChI=1S/C19H24BrNO3/c1-3-23-19(24-4-2)14-21-13-16(20)12-17(21)18(22)11-10-15-8-6-5-7-9-15/h5-9,12-13,19H,3-4,10-11,14H2,1-2H3. The highest BCUT2D eigenvalue weighted by molar-refractivity contribution is 9.10. The molecule has 0 saturated heterocycles. The molecule has 130 valence electrons. The number of hydrogen-bond donors (Lipinski definition) is 0. The average molecular weight is 394 g/mol. The van der Waals surface area contributed by atoms with E-state index in [0.29, 0.717) is 31.9 Å². The van der Waals surface area contributed by atoms with E-state index >= 15 is 0 Å². The lowest BCUT2D eigenvalue weighted by Gasteiger charge is -2.19. The van der Waals surface area contributed by atoms with Gasteiger partial charge < -0.3 is 14.0 Å². The fourth-order valence-corrected chi connectivity index (χ4v) is 3.04. The maximum Gasteiger partial charge on any atom is 0.179 e. The van der Waals surface area contributed by atoms with Crippen LogP contribution in [0, 0.1) is 0 Å². The third-order valence-corrected chi connectivity index (χ3v) is 4.12. The van der Waals surface area contributed by atoms with Gasteiger partial charge in [0.2, 0.25) is 0 Å². The van der Waals surface area contributed by atoms with E-state index in [1.54, 1.807) is 0 Å². The monoisotopic (exact) mass is 393 g/mol. The van der Waals surface area contributed by atoms with E-state index in [2.05, 4.69) is 15.9 Å². The van der Waals surface area contributed by atoms with E-state index in [0.717, 1.165) is 10.9 Å². The van der Waals surface area contributed by atoms with Crippen LogP contribution >= 0.6 is 15.9 Å². The van der Waals surface area contributed by atoms with E-state index in [4.69, 9.17) is 9.47 Å². The van der Waals surface area contributed by atoms with E-state index < -0.39 is 0 Å². The fourth-order valence-electron chi connectivity index (χ4n) is 2.58. The Morgan fingerprint density at radius 2 is 1.83 bits per heavy atom. The highest BCUT2D eigenvalue weighted by atomic mass is 79.9. The summed E-state index contributed by atoms with van der Waals surface area (Å²) >= 11 is 3.46. The molecular formula is C19H24BrNO3. The zero-order valence-corrected chi connectivity index (χ0v) is 15.8. The van der Waals surface area contributed by atoms with Gasteiger partial charge in [-0.15, -0.1) is 0 Å². The molecule has 24 heavy (non-hydrogen) atoms. The largest absolute Gasteiger partial charge is 0.351 e. The van der Waals surface area contributed by atoms with E-state index in [-0.39, 0.29) is 12.1 Å². The molecular weight excluding hydrogens is 370 g/mol. The summed E-state index contributed by atoms with van der Waals surface area (Å²) in [5.74, 6) is 0.122. The van der Waals surface area contributed by atoms with Crippen molar-refractivity contribution in [1.29, 1.82) is 0 Å². The second kappa shape index (κ2) is 9.77. The highest BCUT2D eigenvalue weighted by Gasteiger charge is 2.17. The predicted octanol–water partition coefficient (Wildman–Crippen LogP) is 4.47. The van der Waals surface area contributed by atoms with Gasteiger partial charge >= 0.3 is 0 Å². The maximum absolute atomic E-state index is 12.6. The number of nitrogens with zero attached hydrogens (tertiary/aromatic N) is 1. The molecule has 1 heterocycles. The van der Waals surface area contributed by atoms with Gasteiger partial charge in [-0.1, -0.05) is 30.3 Å². The zero-order valence-electron chi connectivity index (χ0n) is 14.2. The molecule has 2 aromatic rings. The van der Waals surface area contributed by atoms with Crippen molar-refractivity contribution in [3.05, 3.63) is 58.3 Å². The van der Waals surface area contributed by atoms with Crippen LogP contribution < -0.4 is 0 Å². The molecule has 1 aromatic heterocycles. The second-order valence-corrected chi connectivity index (χ2v) is 6.36. The van der Waals surface area contributed by atoms with Crippen molar-refractivity contribution >= 4 is 21.7 Å². The number of aryl methyl sites for hydroxylation is 1. The fraction of sp³-hybridized carbons (Fsp3) is 0.421. The van der Waals surface area contributed by atoms with Crippen LogP contribution in [0.15, 0.2) is 47.1 Å². The summed E-state index contributed by atoms with van der Waals surface area (Å²) in [5.41, 5.74) is 1.85. The van der Waals surface area contributed by atoms with E-state index in [9.17, 15) is 4.79 Å². The van der Waals surface area contributed by atoms with Gasteiger partial charge in [-0.2, -0.15) is 0 Å². The summed E-state index contributed by atoms with van der Waals surface area (Å²) in [6, 6.07) is 11.9. The minimum Gasteiger partial charge on any atom is -0.351 e. The second-order valence-electron chi connectivity index (χ2n) is 5.44. The number of carbonyl (C=O) groups is 1. The van der Waals surface area contributed by atoms with Gasteiger partial charge in [0.1, 0.15) is 0 Å². The molecule has 0 saturated carbocycles. The number of rotatable bonds is 10. The van der Waals surface area contributed by atoms with Crippen LogP contribution in [0.4, 0.5) is 0 Å². The van der Waals surface area contributed by atoms with Gasteiger partial charge in [0.05, 0.1) is 12.2 Å². The molecule has 2 rings (SSSR count). The molecule has 0 N–H and O–H groups in total. The Balaban J connectivity index is 2.05. The minimum atomic E-state index is -0.347. The summed E-state index contributed by atoms with van der Waals surface area (Å²) in [6.07, 6.45) is 2.78. The van der Waals surface area contributed by atoms with E-state index in [1.165, 1.54) is 5.56 Å². The molecule has 1 aromatic carbocycles. The van der Waals surface area contributed by atoms with Gasteiger partial charge in [-0.3, -0.25) is 4.79 Å². The first-order valence-electron chi connectivity index (χ1n) is 8.30. The van der Waals surface area contributed by atoms with Crippen molar-refractivity contribution < 1.29 is 14.3 Å². The first kappa shape index (κ1) is 18.9. The number of halogens is 1. The number of ketones is 1. The van der Waals surface area contributed by atoms with Gasteiger partial charge in [-0.25, -0.2) is 0 Å².